The largest absolute Gasteiger partial charge is 2.00 e. The number of nitrogens with two attached hydrogens (primary N) is 1. The number of fused-ring (bicyclic) bond motifs is 2. The molecule has 1 heterocycles. The Labute approximate surface area is 139 Å². The van der Waals surface area contributed by atoms with Gasteiger partial charge in [0.25, 0.3) is 0 Å². The predicted molar refractivity (Wildman–Crippen MR) is 78.0 cm³/mol. The van der Waals surface area contributed by atoms with Crippen LogP contribution in [0.25, 0.3) is 10.9 Å². The molecule has 0 atom stereocenters. The fourth-order valence-corrected chi connectivity index (χ4v) is 2.41. The van der Waals surface area contributed by atoms with E-state index in [4.69, 9.17) is 10.7 Å². The van der Waals surface area contributed by atoms with Crippen molar-refractivity contribution in [2.45, 2.75) is 25.7 Å². The number of nitrogen functional groups attached to an aromatic ring is 1. The molecular weight excluding hydrogens is 256 g/mol. The van der Waals surface area contributed by atoms with Crippen LogP contribution >= 0.6 is 0 Å². The number of hydrogen-bond donors (Lipinski definition) is 1. The topological polar surface area (TPSA) is 102 Å². The van der Waals surface area contributed by atoms with E-state index < -0.39 is 0 Å². The molecule has 5 heteroatoms. The third kappa shape index (κ3) is 2.95. The van der Waals surface area contributed by atoms with E-state index in [1.54, 1.807) is 0 Å². The number of para-hydroxylation sites is 1. The molecule has 1 aromatic heterocycles. The van der Waals surface area contributed by atoms with Gasteiger partial charge in [-0.05, 0) is 37.3 Å². The maximum Gasteiger partial charge on any atom is 2.00 e. The fraction of sp³-hybridized carbons (Fsp3) is 0.308. The summed E-state index contributed by atoms with van der Waals surface area (Å²) in [5.41, 5.74) is 10.7. The standard InChI is InChI=1S/C13H14N2.Ca.2H2O.2H/c14-13-9-5-1-3-7-11(9)15-12-8-4-2-6-10(12)13;;;;;/h1,3,5,7H,2,4,6,8H2,(H2,14,15);;2*1H2;;/q;+2;;;2*-1. The van der Waals surface area contributed by atoms with Crippen LogP contribution in [-0.4, -0.2) is 53.7 Å². The van der Waals surface area contributed by atoms with Gasteiger partial charge in [0.05, 0.1) is 5.52 Å². The maximum atomic E-state index is 6.20. The average molecular weight is 276 g/mol. The van der Waals surface area contributed by atoms with E-state index in [1.165, 1.54) is 24.1 Å². The number of nitrogens with zero attached hydrogens (tertiary/aromatic N) is 1. The third-order valence-electron chi connectivity index (χ3n) is 3.21. The smallest absolute Gasteiger partial charge is 1.00 e. The van der Waals surface area contributed by atoms with Crippen molar-refractivity contribution < 1.29 is 13.8 Å². The Morgan fingerprint density at radius 2 is 1.72 bits per heavy atom. The van der Waals surface area contributed by atoms with Gasteiger partial charge in [-0.1, -0.05) is 18.2 Å². The molecule has 0 radical (unpaired) electrons. The Bertz CT molecular complexity index is 541. The van der Waals surface area contributed by atoms with E-state index in [-0.39, 0.29) is 51.5 Å². The van der Waals surface area contributed by atoms with Crippen molar-refractivity contribution in [2.75, 3.05) is 5.73 Å². The molecule has 2 aromatic rings. The van der Waals surface area contributed by atoms with E-state index in [2.05, 4.69) is 6.07 Å². The predicted octanol–water partition coefficient (Wildman–Crippen LogP) is 0.891. The summed E-state index contributed by atoms with van der Waals surface area (Å²) in [6, 6.07) is 8.15. The molecule has 0 amide bonds. The van der Waals surface area contributed by atoms with Gasteiger partial charge >= 0.3 is 37.7 Å². The number of rotatable bonds is 0. The van der Waals surface area contributed by atoms with Crippen molar-refractivity contribution in [3.05, 3.63) is 35.5 Å². The summed E-state index contributed by atoms with van der Waals surface area (Å²) >= 11 is 0. The van der Waals surface area contributed by atoms with Gasteiger partial charge in [-0.3, -0.25) is 4.98 Å². The number of hydrogen-bond acceptors (Lipinski definition) is 2. The molecule has 0 spiro atoms. The summed E-state index contributed by atoms with van der Waals surface area (Å²) in [6.07, 6.45) is 4.68. The zero-order chi connectivity index (χ0) is 10.3. The second-order valence-corrected chi connectivity index (χ2v) is 4.17. The van der Waals surface area contributed by atoms with Crippen LogP contribution in [0.4, 0.5) is 5.69 Å². The van der Waals surface area contributed by atoms with E-state index >= 15 is 0 Å². The fourth-order valence-electron chi connectivity index (χ4n) is 2.41. The molecular formula is C13H20CaN2O2. The molecule has 6 N–H and O–H groups in total. The Morgan fingerprint density at radius 3 is 2.50 bits per heavy atom. The SMILES string of the molecule is Nc1c2c(nc3ccccc13)CCCC2.O.O.[Ca+2].[H-].[H-]. The maximum absolute atomic E-state index is 6.20. The average Bonchev–Trinajstić information content (AvgIpc) is 2.30. The zero-order valence-corrected chi connectivity index (χ0v) is 12.6. The molecule has 1 aliphatic carbocycles. The molecule has 1 aromatic carbocycles. The van der Waals surface area contributed by atoms with E-state index in [1.807, 2.05) is 18.2 Å². The summed E-state index contributed by atoms with van der Waals surface area (Å²) in [5, 5.41) is 1.11. The third-order valence-corrected chi connectivity index (χ3v) is 3.21. The Kier molecular flexibility index (Phi) is 7.10. The summed E-state index contributed by atoms with van der Waals surface area (Å²) in [6.45, 7) is 0. The second kappa shape index (κ2) is 7.26. The van der Waals surface area contributed by atoms with Gasteiger partial charge in [0, 0.05) is 16.8 Å². The van der Waals surface area contributed by atoms with Crippen molar-refractivity contribution in [1.82, 2.24) is 4.98 Å². The van der Waals surface area contributed by atoms with Crippen LogP contribution in [0.2, 0.25) is 0 Å². The summed E-state index contributed by atoms with van der Waals surface area (Å²) in [5.74, 6) is 0. The molecule has 0 unspecified atom stereocenters. The number of anilines is 1. The zero-order valence-electron chi connectivity index (χ0n) is 12.4. The molecule has 96 valence electrons. The Hall–Kier alpha value is -0.390. The first kappa shape index (κ1) is 17.6. The minimum atomic E-state index is 0. The van der Waals surface area contributed by atoms with Crippen LogP contribution < -0.4 is 5.73 Å². The normalized spacial score (nSPS) is 12.7. The number of aryl methyl sites for hydroxylation is 1. The van der Waals surface area contributed by atoms with Crippen molar-refractivity contribution in [3.8, 4) is 0 Å². The monoisotopic (exact) mass is 276 g/mol. The second-order valence-electron chi connectivity index (χ2n) is 4.17. The summed E-state index contributed by atoms with van der Waals surface area (Å²) in [4.78, 5) is 4.70. The van der Waals surface area contributed by atoms with Crippen LogP contribution in [0, 0.1) is 0 Å². The van der Waals surface area contributed by atoms with Crippen LogP contribution in [0.3, 0.4) is 0 Å². The van der Waals surface area contributed by atoms with Crippen molar-refractivity contribution in [2.24, 2.45) is 0 Å². The van der Waals surface area contributed by atoms with Gasteiger partial charge in [-0.25, -0.2) is 0 Å². The quantitative estimate of drug-likeness (QED) is 0.722. The van der Waals surface area contributed by atoms with Gasteiger partial charge in [-0.2, -0.15) is 0 Å². The first-order valence-electron chi connectivity index (χ1n) is 5.52. The van der Waals surface area contributed by atoms with Gasteiger partial charge in [-0.15, -0.1) is 0 Å². The van der Waals surface area contributed by atoms with Crippen LogP contribution in [0.5, 0.6) is 0 Å². The van der Waals surface area contributed by atoms with Gasteiger partial charge in [0.2, 0.25) is 0 Å². The molecule has 0 saturated heterocycles. The van der Waals surface area contributed by atoms with Crippen molar-refractivity contribution in [3.63, 3.8) is 0 Å². The minimum absolute atomic E-state index is 0. The summed E-state index contributed by atoms with van der Waals surface area (Å²) < 4.78 is 0. The molecule has 18 heavy (non-hydrogen) atoms. The van der Waals surface area contributed by atoms with Gasteiger partial charge in [0.15, 0.2) is 0 Å². The molecule has 0 saturated carbocycles. The number of benzene rings is 1. The Morgan fingerprint density at radius 1 is 1.06 bits per heavy atom. The number of pyridine rings is 1. The number of aromatic nitrogens is 1. The first-order valence-corrected chi connectivity index (χ1v) is 5.52. The van der Waals surface area contributed by atoms with E-state index in [9.17, 15) is 0 Å². The minimum Gasteiger partial charge on any atom is -1.00 e. The van der Waals surface area contributed by atoms with Crippen LogP contribution in [-0.2, 0) is 12.8 Å². The van der Waals surface area contributed by atoms with Crippen LogP contribution in [0.15, 0.2) is 24.3 Å². The van der Waals surface area contributed by atoms with E-state index in [0.717, 1.165) is 29.4 Å². The van der Waals surface area contributed by atoms with Gasteiger partial charge < -0.3 is 19.5 Å². The Balaban J connectivity index is -0.000000578. The van der Waals surface area contributed by atoms with Crippen molar-refractivity contribution in [1.29, 1.82) is 0 Å². The molecule has 1 aliphatic rings. The molecule has 0 bridgehead atoms. The molecule has 4 nitrogen and oxygen atoms in total. The molecule has 3 rings (SSSR count). The van der Waals surface area contributed by atoms with Gasteiger partial charge in [0.1, 0.15) is 0 Å². The van der Waals surface area contributed by atoms with Crippen molar-refractivity contribution >= 4 is 54.3 Å². The summed E-state index contributed by atoms with van der Waals surface area (Å²) in [7, 11) is 0. The first-order chi connectivity index (χ1) is 7.36. The molecule has 0 aliphatic heterocycles. The molecule has 0 fully saturated rings. The van der Waals surface area contributed by atoms with Crippen LogP contribution in [0.1, 0.15) is 27.0 Å². The van der Waals surface area contributed by atoms with E-state index in [0.29, 0.717) is 0 Å².